The number of nitrogens with zero attached hydrogens (tertiary/aromatic N) is 2. The fourth-order valence-electron chi connectivity index (χ4n) is 4.82. The van der Waals surface area contributed by atoms with Crippen LogP contribution in [-0.2, 0) is 14.9 Å². The molecule has 0 bridgehead atoms. The molecule has 4 rings (SSSR count). The molecule has 3 aromatic rings. The topological polar surface area (TPSA) is 127 Å². The number of amides is 1. The second kappa shape index (κ2) is 11.6. The summed E-state index contributed by atoms with van der Waals surface area (Å²) < 4.78 is 31.9. The third-order valence-electron chi connectivity index (χ3n) is 6.90. The average Bonchev–Trinajstić information content (AvgIpc) is 3.47. The van der Waals surface area contributed by atoms with Crippen molar-refractivity contribution < 1.29 is 17.4 Å². The fraction of sp³-hybridized carbons (Fsp3) is 0.481. The van der Waals surface area contributed by atoms with Crippen LogP contribution in [0.4, 0.5) is 10.8 Å². The SMILES string of the molecule is CC(C)N(CCNc1ccc(S(=O)(=O)Oc2ccc3nc(NC(=O)C4(N)CCCC4)sc3c2)cc1)C(C)C. The molecule has 206 valence electrons. The van der Waals surface area contributed by atoms with E-state index >= 15 is 0 Å². The van der Waals surface area contributed by atoms with E-state index in [1.165, 1.54) is 23.5 Å². The van der Waals surface area contributed by atoms with Gasteiger partial charge in [0.05, 0.1) is 15.8 Å². The Hall–Kier alpha value is -2.73. The standard InChI is InChI=1S/C27H37N5O4S2/c1-18(2)32(19(3)4)16-15-29-20-7-10-22(11-8-20)38(34,35)36-21-9-12-23-24(17-21)37-26(30-23)31-25(33)27(28)13-5-6-14-27/h7-12,17-19,29H,5-6,13-16,28H2,1-4H3,(H,30,31,33). The van der Waals surface area contributed by atoms with Crippen LogP contribution >= 0.6 is 11.3 Å². The average molecular weight is 560 g/mol. The van der Waals surface area contributed by atoms with Gasteiger partial charge in [-0.2, -0.15) is 8.42 Å². The molecular formula is C27H37N5O4S2. The summed E-state index contributed by atoms with van der Waals surface area (Å²) in [6.45, 7) is 10.3. The Morgan fingerprint density at radius 2 is 1.76 bits per heavy atom. The Morgan fingerprint density at radius 3 is 2.39 bits per heavy atom. The molecule has 4 N–H and O–H groups in total. The predicted octanol–water partition coefficient (Wildman–Crippen LogP) is 4.80. The maximum absolute atomic E-state index is 12.9. The van der Waals surface area contributed by atoms with Gasteiger partial charge in [-0.15, -0.1) is 0 Å². The van der Waals surface area contributed by atoms with E-state index in [0.717, 1.165) is 31.6 Å². The minimum atomic E-state index is -4.02. The van der Waals surface area contributed by atoms with Gasteiger partial charge >= 0.3 is 10.1 Å². The van der Waals surface area contributed by atoms with Gasteiger partial charge in [0.1, 0.15) is 10.6 Å². The van der Waals surface area contributed by atoms with Gasteiger partial charge in [0.2, 0.25) is 5.91 Å². The van der Waals surface area contributed by atoms with E-state index in [-0.39, 0.29) is 16.6 Å². The first kappa shape index (κ1) is 28.3. The lowest BCUT2D eigenvalue weighted by Crippen LogP contribution is -2.48. The summed E-state index contributed by atoms with van der Waals surface area (Å²) in [7, 11) is -4.02. The number of fused-ring (bicyclic) bond motifs is 1. The third-order valence-corrected chi connectivity index (χ3v) is 9.10. The van der Waals surface area contributed by atoms with Gasteiger partial charge < -0.3 is 20.6 Å². The van der Waals surface area contributed by atoms with Crippen molar-refractivity contribution in [1.29, 1.82) is 0 Å². The number of aromatic nitrogens is 1. The molecule has 1 saturated carbocycles. The van der Waals surface area contributed by atoms with Crippen LogP contribution in [0.5, 0.6) is 5.75 Å². The molecule has 1 aliphatic rings. The van der Waals surface area contributed by atoms with Crippen molar-refractivity contribution in [2.45, 2.75) is 75.9 Å². The van der Waals surface area contributed by atoms with Gasteiger partial charge in [-0.1, -0.05) is 24.2 Å². The van der Waals surface area contributed by atoms with Gasteiger partial charge in [0, 0.05) is 36.9 Å². The first-order chi connectivity index (χ1) is 18.0. The van der Waals surface area contributed by atoms with E-state index in [1.807, 2.05) is 0 Å². The molecule has 1 aliphatic carbocycles. The van der Waals surface area contributed by atoms with Crippen molar-refractivity contribution in [3.8, 4) is 5.75 Å². The summed E-state index contributed by atoms with van der Waals surface area (Å²) in [6.07, 6.45) is 3.19. The molecule has 11 heteroatoms. The zero-order chi connectivity index (χ0) is 27.5. The first-order valence-electron chi connectivity index (χ1n) is 13.0. The quantitative estimate of drug-likeness (QED) is 0.286. The van der Waals surface area contributed by atoms with Gasteiger partial charge in [-0.3, -0.25) is 9.69 Å². The summed E-state index contributed by atoms with van der Waals surface area (Å²) in [4.78, 5) is 19.5. The molecule has 1 heterocycles. The van der Waals surface area contributed by atoms with Gasteiger partial charge in [0.15, 0.2) is 5.13 Å². The lowest BCUT2D eigenvalue weighted by molar-refractivity contribution is -0.121. The number of nitrogens with one attached hydrogen (secondary N) is 2. The summed E-state index contributed by atoms with van der Waals surface area (Å²) in [6, 6.07) is 12.3. The number of hydrogen-bond acceptors (Lipinski definition) is 9. The molecule has 1 fully saturated rings. The van der Waals surface area contributed by atoms with Crippen LogP contribution < -0.4 is 20.6 Å². The molecule has 9 nitrogen and oxygen atoms in total. The molecule has 0 spiro atoms. The lowest BCUT2D eigenvalue weighted by Gasteiger charge is -2.30. The van der Waals surface area contributed by atoms with Crippen LogP contribution in [0.2, 0.25) is 0 Å². The van der Waals surface area contributed by atoms with Crippen molar-refractivity contribution in [3.63, 3.8) is 0 Å². The molecule has 0 saturated heterocycles. The molecule has 0 atom stereocenters. The smallest absolute Gasteiger partial charge is 0.339 e. The van der Waals surface area contributed by atoms with Crippen LogP contribution in [0.1, 0.15) is 53.4 Å². The fourth-order valence-corrected chi connectivity index (χ4v) is 6.63. The number of nitrogens with two attached hydrogens (primary N) is 1. The van der Waals surface area contributed by atoms with Gasteiger partial charge in [0.25, 0.3) is 0 Å². The van der Waals surface area contributed by atoms with E-state index in [2.05, 4.69) is 48.2 Å². The number of rotatable bonds is 11. The van der Waals surface area contributed by atoms with Crippen LogP contribution in [0.15, 0.2) is 47.4 Å². The highest BCUT2D eigenvalue weighted by molar-refractivity contribution is 7.87. The number of carbonyl (C=O) groups is 1. The molecule has 1 amide bonds. The normalized spacial score (nSPS) is 15.5. The third kappa shape index (κ3) is 6.63. The van der Waals surface area contributed by atoms with Crippen molar-refractivity contribution in [1.82, 2.24) is 9.88 Å². The number of benzene rings is 2. The highest BCUT2D eigenvalue weighted by atomic mass is 32.2. The molecular weight excluding hydrogens is 522 g/mol. The Labute approximate surface area is 228 Å². The second-order valence-corrected chi connectivity index (χ2v) is 13.0. The van der Waals surface area contributed by atoms with Crippen LogP contribution in [0.25, 0.3) is 10.2 Å². The van der Waals surface area contributed by atoms with Crippen molar-refractivity contribution in [2.75, 3.05) is 23.7 Å². The molecule has 0 aliphatic heterocycles. The molecule has 1 aromatic heterocycles. The number of carbonyl (C=O) groups excluding carboxylic acids is 1. The Morgan fingerprint density at radius 1 is 1.11 bits per heavy atom. The summed E-state index contributed by atoms with van der Waals surface area (Å²) in [5.41, 5.74) is 6.86. The van der Waals surface area contributed by atoms with E-state index in [9.17, 15) is 13.2 Å². The minimum Gasteiger partial charge on any atom is -0.384 e. The highest BCUT2D eigenvalue weighted by Crippen LogP contribution is 2.33. The number of anilines is 2. The van der Waals surface area contributed by atoms with Crippen LogP contribution in [-0.4, -0.2) is 54.9 Å². The molecule has 38 heavy (non-hydrogen) atoms. The van der Waals surface area contributed by atoms with Crippen molar-refractivity contribution in [3.05, 3.63) is 42.5 Å². The summed E-state index contributed by atoms with van der Waals surface area (Å²) in [5, 5.41) is 6.59. The molecule has 0 radical (unpaired) electrons. The number of hydrogen-bond donors (Lipinski definition) is 3. The monoisotopic (exact) mass is 559 g/mol. The van der Waals surface area contributed by atoms with Crippen LogP contribution in [0, 0.1) is 0 Å². The van der Waals surface area contributed by atoms with E-state index in [1.54, 1.807) is 30.3 Å². The van der Waals surface area contributed by atoms with Crippen molar-refractivity contribution >= 4 is 48.4 Å². The largest absolute Gasteiger partial charge is 0.384 e. The van der Waals surface area contributed by atoms with Gasteiger partial charge in [-0.25, -0.2) is 4.98 Å². The zero-order valence-corrected chi connectivity index (χ0v) is 24.0. The highest BCUT2D eigenvalue weighted by Gasteiger charge is 2.37. The van der Waals surface area contributed by atoms with E-state index in [0.29, 0.717) is 40.3 Å². The predicted molar refractivity (Wildman–Crippen MR) is 153 cm³/mol. The van der Waals surface area contributed by atoms with E-state index < -0.39 is 15.7 Å². The zero-order valence-electron chi connectivity index (χ0n) is 22.4. The Kier molecular flexibility index (Phi) is 8.61. The molecule has 2 aromatic carbocycles. The molecule has 0 unspecified atom stereocenters. The summed E-state index contributed by atoms with van der Waals surface area (Å²) >= 11 is 1.25. The Balaban J connectivity index is 1.38. The maximum Gasteiger partial charge on any atom is 0.339 e. The lowest BCUT2D eigenvalue weighted by atomic mass is 9.98. The van der Waals surface area contributed by atoms with E-state index in [4.69, 9.17) is 9.92 Å². The van der Waals surface area contributed by atoms with Gasteiger partial charge in [-0.05, 0) is 76.9 Å². The second-order valence-electron chi connectivity index (χ2n) is 10.4. The van der Waals surface area contributed by atoms with Crippen molar-refractivity contribution in [2.24, 2.45) is 5.73 Å². The maximum atomic E-state index is 12.9. The first-order valence-corrected chi connectivity index (χ1v) is 15.2. The minimum absolute atomic E-state index is 0.0659. The summed E-state index contributed by atoms with van der Waals surface area (Å²) in [5.74, 6) is -0.0574. The Bertz CT molecular complexity index is 1360. The van der Waals surface area contributed by atoms with Crippen LogP contribution in [0.3, 0.4) is 0 Å². The number of thiazole rings is 1.